The van der Waals surface area contributed by atoms with Crippen LogP contribution in [0, 0.1) is 18.3 Å². The second-order valence-electron chi connectivity index (χ2n) is 2.92. The molecule has 1 rings (SSSR count). The van der Waals surface area contributed by atoms with E-state index in [1.54, 1.807) is 6.92 Å². The lowest BCUT2D eigenvalue weighted by Crippen LogP contribution is -1.81. The van der Waals surface area contributed by atoms with Gasteiger partial charge in [-0.15, -0.1) is 0 Å². The van der Waals surface area contributed by atoms with Crippen molar-refractivity contribution < 1.29 is 0 Å². The number of allylic oxidation sites excluding steroid dienone is 1. The maximum atomic E-state index is 8.63. The number of nitrogens with zero attached hydrogens (tertiary/aromatic N) is 1. The highest BCUT2D eigenvalue weighted by atomic mass is 35.5. The molecule has 0 atom stereocenters. The van der Waals surface area contributed by atoms with Gasteiger partial charge in [0.2, 0.25) is 0 Å². The predicted molar refractivity (Wildman–Crippen MR) is 55.2 cm³/mol. The number of aryl methyl sites for hydroxylation is 1. The molecule has 66 valence electrons. The van der Waals surface area contributed by atoms with Gasteiger partial charge in [0.1, 0.15) is 0 Å². The maximum absolute atomic E-state index is 8.63. The zero-order valence-corrected chi connectivity index (χ0v) is 8.39. The van der Waals surface area contributed by atoms with Gasteiger partial charge in [0, 0.05) is 5.57 Å². The van der Waals surface area contributed by atoms with Crippen LogP contribution in [0.5, 0.6) is 0 Å². The molecule has 0 radical (unpaired) electrons. The SMILES string of the molecule is C/C(C#N)=C(/Cl)c1ccc(C)cc1. The van der Waals surface area contributed by atoms with Gasteiger partial charge in [-0.25, -0.2) is 0 Å². The largest absolute Gasteiger partial charge is 0.193 e. The van der Waals surface area contributed by atoms with E-state index < -0.39 is 0 Å². The smallest absolute Gasteiger partial charge is 0.0959 e. The summed E-state index contributed by atoms with van der Waals surface area (Å²) in [6.07, 6.45) is 0. The fourth-order valence-corrected chi connectivity index (χ4v) is 1.13. The summed E-state index contributed by atoms with van der Waals surface area (Å²) >= 11 is 5.97. The first-order valence-electron chi connectivity index (χ1n) is 3.98. The Hall–Kier alpha value is -1.26. The highest BCUT2D eigenvalue weighted by molar-refractivity contribution is 6.49. The number of nitriles is 1. The van der Waals surface area contributed by atoms with Crippen LogP contribution in [0.25, 0.3) is 5.03 Å². The molecular weight excluding hydrogens is 182 g/mol. The van der Waals surface area contributed by atoms with Crippen LogP contribution in [0.15, 0.2) is 29.8 Å². The molecule has 0 amide bonds. The molecule has 13 heavy (non-hydrogen) atoms. The predicted octanol–water partition coefficient (Wildman–Crippen LogP) is 3.49. The molecule has 0 fully saturated rings. The van der Waals surface area contributed by atoms with E-state index in [2.05, 4.69) is 0 Å². The van der Waals surface area contributed by atoms with Crippen molar-refractivity contribution >= 4 is 16.6 Å². The van der Waals surface area contributed by atoms with Gasteiger partial charge in [-0.1, -0.05) is 41.4 Å². The van der Waals surface area contributed by atoms with E-state index in [1.807, 2.05) is 37.3 Å². The molecule has 0 aliphatic carbocycles. The highest BCUT2D eigenvalue weighted by Crippen LogP contribution is 2.22. The second kappa shape index (κ2) is 4.11. The van der Waals surface area contributed by atoms with Crippen molar-refractivity contribution in [2.75, 3.05) is 0 Å². The molecule has 0 N–H and O–H groups in total. The minimum atomic E-state index is 0.530. The van der Waals surface area contributed by atoms with Crippen molar-refractivity contribution in [2.24, 2.45) is 0 Å². The van der Waals surface area contributed by atoms with Gasteiger partial charge < -0.3 is 0 Å². The normalized spacial score (nSPS) is 11.8. The van der Waals surface area contributed by atoms with Gasteiger partial charge in [0.15, 0.2) is 0 Å². The number of halogens is 1. The van der Waals surface area contributed by atoms with Crippen LogP contribution >= 0.6 is 11.6 Å². The number of hydrogen-bond donors (Lipinski definition) is 0. The van der Waals surface area contributed by atoms with E-state index in [4.69, 9.17) is 16.9 Å². The number of hydrogen-bond acceptors (Lipinski definition) is 1. The Balaban J connectivity index is 3.12. The summed E-state index contributed by atoms with van der Waals surface area (Å²) in [5.41, 5.74) is 2.62. The summed E-state index contributed by atoms with van der Waals surface area (Å²) in [5.74, 6) is 0. The molecule has 0 bridgehead atoms. The van der Waals surface area contributed by atoms with Crippen LogP contribution in [-0.2, 0) is 0 Å². The first-order chi connectivity index (χ1) is 6.15. The second-order valence-corrected chi connectivity index (χ2v) is 3.29. The van der Waals surface area contributed by atoms with E-state index in [0.717, 1.165) is 5.56 Å². The molecule has 0 saturated carbocycles. The Labute approximate surface area is 83.3 Å². The van der Waals surface area contributed by atoms with Crippen LogP contribution in [-0.4, -0.2) is 0 Å². The van der Waals surface area contributed by atoms with Crippen LogP contribution in [0.2, 0.25) is 0 Å². The summed E-state index contributed by atoms with van der Waals surface area (Å²) in [5, 5.41) is 9.16. The monoisotopic (exact) mass is 191 g/mol. The molecule has 1 aromatic rings. The van der Waals surface area contributed by atoms with Gasteiger partial charge in [0.25, 0.3) is 0 Å². The number of benzene rings is 1. The Bertz CT molecular complexity index is 368. The highest BCUT2D eigenvalue weighted by Gasteiger charge is 2.01. The van der Waals surface area contributed by atoms with Gasteiger partial charge >= 0.3 is 0 Å². The summed E-state index contributed by atoms with van der Waals surface area (Å²) in [6, 6.07) is 9.80. The van der Waals surface area contributed by atoms with Crippen molar-refractivity contribution in [1.82, 2.24) is 0 Å². The third kappa shape index (κ3) is 2.34. The van der Waals surface area contributed by atoms with E-state index in [1.165, 1.54) is 5.56 Å². The average molecular weight is 192 g/mol. The molecule has 0 aliphatic rings. The lowest BCUT2D eigenvalue weighted by Gasteiger charge is -2.00. The van der Waals surface area contributed by atoms with Gasteiger partial charge in [-0.3, -0.25) is 0 Å². The minimum Gasteiger partial charge on any atom is -0.193 e. The topological polar surface area (TPSA) is 23.8 Å². The minimum absolute atomic E-state index is 0.530. The quantitative estimate of drug-likeness (QED) is 0.624. The Morgan fingerprint density at radius 3 is 2.31 bits per heavy atom. The van der Waals surface area contributed by atoms with E-state index in [9.17, 15) is 0 Å². The van der Waals surface area contributed by atoms with Gasteiger partial charge in [-0.2, -0.15) is 5.26 Å². The first kappa shape index (κ1) is 9.83. The zero-order chi connectivity index (χ0) is 9.84. The molecule has 1 aromatic carbocycles. The van der Waals surface area contributed by atoms with Crippen LogP contribution < -0.4 is 0 Å². The third-order valence-corrected chi connectivity index (χ3v) is 2.30. The summed E-state index contributed by atoms with van der Waals surface area (Å²) in [6.45, 7) is 3.72. The van der Waals surface area contributed by atoms with Crippen molar-refractivity contribution in [2.45, 2.75) is 13.8 Å². The lowest BCUT2D eigenvalue weighted by atomic mass is 10.1. The Morgan fingerprint density at radius 2 is 1.85 bits per heavy atom. The zero-order valence-electron chi connectivity index (χ0n) is 7.63. The first-order valence-corrected chi connectivity index (χ1v) is 4.36. The molecule has 0 unspecified atom stereocenters. The van der Waals surface area contributed by atoms with Crippen molar-refractivity contribution in [3.8, 4) is 6.07 Å². The van der Waals surface area contributed by atoms with Crippen LogP contribution in [0.1, 0.15) is 18.1 Å². The van der Waals surface area contributed by atoms with E-state index in [0.29, 0.717) is 10.6 Å². The molecule has 0 aromatic heterocycles. The van der Waals surface area contributed by atoms with Gasteiger partial charge in [0.05, 0.1) is 11.1 Å². The van der Waals surface area contributed by atoms with Gasteiger partial charge in [-0.05, 0) is 19.4 Å². The molecule has 0 heterocycles. The Kier molecular flexibility index (Phi) is 3.11. The summed E-state index contributed by atoms with van der Waals surface area (Å²) < 4.78 is 0. The Morgan fingerprint density at radius 1 is 1.31 bits per heavy atom. The summed E-state index contributed by atoms with van der Waals surface area (Å²) in [7, 11) is 0. The summed E-state index contributed by atoms with van der Waals surface area (Å²) in [4.78, 5) is 0. The van der Waals surface area contributed by atoms with Crippen molar-refractivity contribution in [3.05, 3.63) is 41.0 Å². The standard InChI is InChI=1S/C11H10ClN/c1-8-3-5-10(6-4-8)11(12)9(2)7-13/h3-6H,1-2H3/b11-9-. The van der Waals surface area contributed by atoms with Crippen molar-refractivity contribution in [1.29, 1.82) is 5.26 Å². The lowest BCUT2D eigenvalue weighted by molar-refractivity contribution is 1.43. The fourth-order valence-electron chi connectivity index (χ4n) is 0.965. The average Bonchev–Trinajstić information content (AvgIpc) is 2.17. The van der Waals surface area contributed by atoms with Crippen LogP contribution in [0.3, 0.4) is 0 Å². The third-order valence-electron chi connectivity index (χ3n) is 1.80. The molecule has 2 heteroatoms. The molecule has 0 saturated heterocycles. The van der Waals surface area contributed by atoms with Crippen molar-refractivity contribution in [3.63, 3.8) is 0 Å². The molecule has 0 aliphatic heterocycles. The fraction of sp³-hybridized carbons (Fsp3) is 0.182. The molecule has 1 nitrogen and oxygen atoms in total. The van der Waals surface area contributed by atoms with E-state index >= 15 is 0 Å². The maximum Gasteiger partial charge on any atom is 0.0959 e. The molecular formula is C11H10ClN. The number of rotatable bonds is 1. The molecule has 0 spiro atoms. The van der Waals surface area contributed by atoms with E-state index in [-0.39, 0.29) is 0 Å². The van der Waals surface area contributed by atoms with Crippen LogP contribution in [0.4, 0.5) is 0 Å².